The number of aromatic nitrogens is 1. The van der Waals surface area contributed by atoms with Crippen LogP contribution in [0.25, 0.3) is 10.9 Å². The third-order valence-corrected chi connectivity index (χ3v) is 3.62. The number of anilines is 1. The van der Waals surface area contributed by atoms with Crippen molar-refractivity contribution in [2.45, 2.75) is 6.42 Å². The van der Waals surface area contributed by atoms with E-state index >= 15 is 0 Å². The van der Waals surface area contributed by atoms with Gasteiger partial charge in [-0.05, 0) is 42.0 Å². The number of benzene rings is 2. The number of rotatable bonds is 4. The van der Waals surface area contributed by atoms with Crippen molar-refractivity contribution in [1.29, 1.82) is 5.26 Å². The quantitative estimate of drug-likeness (QED) is 0.798. The van der Waals surface area contributed by atoms with Crippen molar-refractivity contribution < 1.29 is 9.53 Å². The fraction of sp³-hybridized carbons (Fsp3) is 0.105. The molecule has 1 amide bonds. The highest BCUT2D eigenvalue weighted by molar-refractivity contribution is 6.04. The van der Waals surface area contributed by atoms with Crippen molar-refractivity contribution in [3.63, 3.8) is 0 Å². The summed E-state index contributed by atoms with van der Waals surface area (Å²) in [5.41, 5.74) is 2.65. The summed E-state index contributed by atoms with van der Waals surface area (Å²) < 4.78 is 5.18. The minimum Gasteiger partial charge on any atom is -0.497 e. The Labute approximate surface area is 139 Å². The molecule has 24 heavy (non-hydrogen) atoms. The van der Waals surface area contributed by atoms with Gasteiger partial charge in [0.15, 0.2) is 0 Å². The highest BCUT2D eigenvalue weighted by Crippen LogP contribution is 2.20. The molecule has 0 aliphatic heterocycles. The summed E-state index contributed by atoms with van der Waals surface area (Å²) in [6, 6.07) is 18.3. The van der Waals surface area contributed by atoms with Crippen LogP contribution in [0.5, 0.6) is 5.75 Å². The number of pyridine rings is 1. The van der Waals surface area contributed by atoms with Crippen LogP contribution >= 0.6 is 0 Å². The molecule has 118 valence electrons. The largest absolute Gasteiger partial charge is 0.497 e. The zero-order valence-electron chi connectivity index (χ0n) is 13.1. The number of ether oxygens (including phenoxy) is 1. The molecular formula is C19H15N3O2. The highest BCUT2D eigenvalue weighted by Gasteiger charge is 2.09. The van der Waals surface area contributed by atoms with E-state index in [2.05, 4.69) is 16.4 Å². The average Bonchev–Trinajstić information content (AvgIpc) is 2.62. The molecule has 0 saturated carbocycles. The highest BCUT2D eigenvalue weighted by atomic mass is 16.5. The molecule has 0 fully saturated rings. The zero-order chi connectivity index (χ0) is 16.9. The average molecular weight is 317 g/mol. The van der Waals surface area contributed by atoms with Gasteiger partial charge >= 0.3 is 0 Å². The van der Waals surface area contributed by atoms with Crippen LogP contribution < -0.4 is 10.1 Å². The van der Waals surface area contributed by atoms with Crippen molar-refractivity contribution in [2.75, 3.05) is 12.4 Å². The third-order valence-electron chi connectivity index (χ3n) is 3.62. The number of carbonyl (C=O) groups is 1. The Morgan fingerprint density at radius 1 is 1.17 bits per heavy atom. The Morgan fingerprint density at radius 2 is 1.96 bits per heavy atom. The van der Waals surface area contributed by atoms with Gasteiger partial charge in [0.1, 0.15) is 11.4 Å². The first-order valence-corrected chi connectivity index (χ1v) is 7.41. The van der Waals surface area contributed by atoms with E-state index in [4.69, 9.17) is 10.00 Å². The van der Waals surface area contributed by atoms with E-state index in [0.29, 0.717) is 17.8 Å². The second-order valence-corrected chi connectivity index (χ2v) is 5.24. The number of nitriles is 1. The lowest BCUT2D eigenvalue weighted by molar-refractivity contribution is 0.102. The van der Waals surface area contributed by atoms with Crippen molar-refractivity contribution in [2.24, 2.45) is 0 Å². The van der Waals surface area contributed by atoms with Gasteiger partial charge in [-0.1, -0.05) is 18.2 Å². The Hall–Kier alpha value is -3.39. The van der Waals surface area contributed by atoms with Gasteiger partial charge in [0.05, 0.1) is 25.1 Å². The predicted octanol–water partition coefficient (Wildman–Crippen LogP) is 3.56. The topological polar surface area (TPSA) is 75.0 Å². The number of hydrogen-bond donors (Lipinski definition) is 1. The van der Waals surface area contributed by atoms with E-state index in [1.54, 1.807) is 25.3 Å². The Bertz CT molecular complexity index is 927. The van der Waals surface area contributed by atoms with Crippen molar-refractivity contribution in [1.82, 2.24) is 4.98 Å². The van der Waals surface area contributed by atoms with Crippen LogP contribution in [-0.4, -0.2) is 18.0 Å². The summed E-state index contributed by atoms with van der Waals surface area (Å²) in [6.07, 6.45) is 0.351. The summed E-state index contributed by atoms with van der Waals surface area (Å²) in [6.45, 7) is 0. The molecule has 3 rings (SSSR count). The molecule has 0 atom stereocenters. The van der Waals surface area contributed by atoms with Crippen molar-refractivity contribution in [3.8, 4) is 11.8 Å². The van der Waals surface area contributed by atoms with Gasteiger partial charge in [0, 0.05) is 11.1 Å². The van der Waals surface area contributed by atoms with E-state index in [-0.39, 0.29) is 5.91 Å². The molecule has 0 aliphatic rings. The molecule has 1 N–H and O–H groups in total. The Kier molecular flexibility index (Phi) is 4.39. The normalized spacial score (nSPS) is 10.2. The molecule has 0 bridgehead atoms. The van der Waals surface area contributed by atoms with Crippen LogP contribution in [0.4, 0.5) is 5.69 Å². The number of nitrogens with one attached hydrogen (secondary N) is 1. The van der Waals surface area contributed by atoms with E-state index in [1.807, 2.05) is 36.4 Å². The first-order chi connectivity index (χ1) is 11.7. The van der Waals surface area contributed by atoms with E-state index in [1.165, 1.54) is 0 Å². The third kappa shape index (κ3) is 3.33. The number of carbonyl (C=O) groups excluding carboxylic acids is 1. The Balaban J connectivity index is 1.79. The number of hydrogen-bond acceptors (Lipinski definition) is 4. The zero-order valence-corrected chi connectivity index (χ0v) is 13.1. The summed E-state index contributed by atoms with van der Waals surface area (Å²) in [5.74, 6) is 0.472. The van der Waals surface area contributed by atoms with E-state index < -0.39 is 0 Å². The molecule has 0 radical (unpaired) electrons. The van der Waals surface area contributed by atoms with Gasteiger partial charge in [-0.3, -0.25) is 4.79 Å². The maximum Gasteiger partial charge on any atom is 0.274 e. The van der Waals surface area contributed by atoms with Gasteiger partial charge in [-0.25, -0.2) is 4.98 Å². The van der Waals surface area contributed by atoms with Gasteiger partial charge in [-0.2, -0.15) is 5.26 Å². The first kappa shape index (κ1) is 15.5. The standard InChI is InChI=1S/C19H15N3O2/c1-24-16-7-9-17-14(12-16)4-8-18(22-17)19(23)21-15-5-2-13(3-6-15)10-11-20/h2-9,12H,10H2,1H3,(H,21,23). The number of amides is 1. The van der Waals surface area contributed by atoms with Crippen LogP contribution in [0.2, 0.25) is 0 Å². The summed E-state index contributed by atoms with van der Waals surface area (Å²) in [4.78, 5) is 16.7. The van der Waals surface area contributed by atoms with Crippen LogP contribution in [0.3, 0.4) is 0 Å². The first-order valence-electron chi connectivity index (χ1n) is 7.41. The molecule has 2 aromatic carbocycles. The fourth-order valence-electron chi connectivity index (χ4n) is 2.35. The van der Waals surface area contributed by atoms with Crippen molar-refractivity contribution in [3.05, 3.63) is 65.9 Å². The summed E-state index contributed by atoms with van der Waals surface area (Å²) in [5, 5.41) is 12.4. The lowest BCUT2D eigenvalue weighted by Crippen LogP contribution is -2.13. The lowest BCUT2D eigenvalue weighted by atomic mass is 10.1. The van der Waals surface area contributed by atoms with Crippen LogP contribution in [0.15, 0.2) is 54.6 Å². The van der Waals surface area contributed by atoms with Gasteiger partial charge in [-0.15, -0.1) is 0 Å². The predicted molar refractivity (Wildman–Crippen MR) is 92.0 cm³/mol. The Morgan fingerprint density at radius 3 is 2.67 bits per heavy atom. The van der Waals surface area contributed by atoms with Crippen LogP contribution in [0.1, 0.15) is 16.1 Å². The molecule has 1 aromatic heterocycles. The van der Waals surface area contributed by atoms with E-state index in [0.717, 1.165) is 22.2 Å². The fourth-order valence-corrected chi connectivity index (χ4v) is 2.35. The molecule has 0 aliphatic carbocycles. The van der Waals surface area contributed by atoms with E-state index in [9.17, 15) is 4.79 Å². The minimum absolute atomic E-state index is 0.277. The van der Waals surface area contributed by atoms with Crippen LogP contribution in [-0.2, 0) is 6.42 Å². The molecule has 0 unspecified atom stereocenters. The molecule has 1 heterocycles. The minimum atomic E-state index is -0.277. The molecular weight excluding hydrogens is 302 g/mol. The second kappa shape index (κ2) is 6.80. The number of fused-ring (bicyclic) bond motifs is 1. The van der Waals surface area contributed by atoms with Crippen molar-refractivity contribution >= 4 is 22.5 Å². The monoisotopic (exact) mass is 317 g/mol. The van der Waals surface area contributed by atoms with Gasteiger partial charge in [0.25, 0.3) is 5.91 Å². The summed E-state index contributed by atoms with van der Waals surface area (Å²) in [7, 11) is 1.61. The molecule has 3 aromatic rings. The summed E-state index contributed by atoms with van der Waals surface area (Å²) >= 11 is 0. The molecule has 0 saturated heterocycles. The van der Waals surface area contributed by atoms with Gasteiger partial charge < -0.3 is 10.1 Å². The lowest BCUT2D eigenvalue weighted by Gasteiger charge is -2.07. The molecule has 0 spiro atoms. The number of methoxy groups -OCH3 is 1. The maximum atomic E-state index is 12.3. The number of nitrogens with zero attached hydrogens (tertiary/aromatic N) is 2. The van der Waals surface area contributed by atoms with Gasteiger partial charge in [0.2, 0.25) is 0 Å². The van der Waals surface area contributed by atoms with Crippen LogP contribution in [0, 0.1) is 11.3 Å². The maximum absolute atomic E-state index is 12.3. The molecule has 5 nitrogen and oxygen atoms in total. The molecule has 5 heteroatoms. The second-order valence-electron chi connectivity index (χ2n) is 5.24. The smallest absolute Gasteiger partial charge is 0.274 e. The SMILES string of the molecule is COc1ccc2nc(C(=O)Nc3ccc(CC#N)cc3)ccc2c1.